The first-order chi connectivity index (χ1) is 13.1. The standard InChI is InChI=1S/C20H17N3O4/c1-23(10-5-9-21)19(24)13-27-20(25)15-12-17(18-8-4-11-26-18)22-16-7-3-2-6-14(15)16/h2-4,6-8,11-12H,5,10,13H2,1H3. The number of para-hydroxylation sites is 1. The van der Waals surface area contributed by atoms with Gasteiger partial charge in [-0.1, -0.05) is 18.2 Å². The van der Waals surface area contributed by atoms with Gasteiger partial charge >= 0.3 is 5.97 Å². The van der Waals surface area contributed by atoms with Crippen LogP contribution >= 0.6 is 0 Å². The van der Waals surface area contributed by atoms with E-state index in [1.807, 2.05) is 12.1 Å². The van der Waals surface area contributed by atoms with Crippen LogP contribution in [-0.2, 0) is 9.53 Å². The predicted molar refractivity (Wildman–Crippen MR) is 97.6 cm³/mol. The van der Waals surface area contributed by atoms with Crippen LogP contribution in [0.1, 0.15) is 16.8 Å². The van der Waals surface area contributed by atoms with E-state index < -0.39 is 12.6 Å². The van der Waals surface area contributed by atoms with Gasteiger partial charge in [0.15, 0.2) is 12.4 Å². The van der Waals surface area contributed by atoms with E-state index >= 15 is 0 Å². The number of nitriles is 1. The Hall–Kier alpha value is -3.66. The molecule has 1 aromatic carbocycles. The van der Waals surface area contributed by atoms with E-state index in [4.69, 9.17) is 14.4 Å². The van der Waals surface area contributed by atoms with Gasteiger partial charge in [-0.05, 0) is 24.3 Å². The van der Waals surface area contributed by atoms with Crippen molar-refractivity contribution in [2.75, 3.05) is 20.2 Å². The highest BCUT2D eigenvalue weighted by atomic mass is 16.5. The van der Waals surface area contributed by atoms with Gasteiger partial charge in [-0.2, -0.15) is 5.26 Å². The molecule has 0 bridgehead atoms. The minimum Gasteiger partial charge on any atom is -0.463 e. The Morgan fingerprint density at radius 1 is 1.26 bits per heavy atom. The predicted octanol–water partition coefficient (Wildman–Crippen LogP) is 3.02. The van der Waals surface area contributed by atoms with Crippen molar-refractivity contribution < 1.29 is 18.7 Å². The maximum absolute atomic E-state index is 12.6. The molecule has 2 aromatic heterocycles. The molecule has 0 radical (unpaired) electrons. The van der Waals surface area contributed by atoms with Crippen LogP contribution in [0.3, 0.4) is 0 Å². The van der Waals surface area contributed by atoms with Gasteiger partial charge in [0.05, 0.1) is 29.8 Å². The maximum Gasteiger partial charge on any atom is 0.339 e. The number of hydrogen-bond acceptors (Lipinski definition) is 6. The zero-order valence-corrected chi connectivity index (χ0v) is 14.7. The topological polar surface area (TPSA) is 96.4 Å². The van der Waals surface area contributed by atoms with Crippen LogP contribution in [0.5, 0.6) is 0 Å². The number of carbonyl (C=O) groups excluding carboxylic acids is 2. The second-order valence-electron chi connectivity index (χ2n) is 5.85. The van der Waals surface area contributed by atoms with Crippen molar-refractivity contribution in [3.63, 3.8) is 0 Å². The summed E-state index contributed by atoms with van der Waals surface area (Å²) in [5.74, 6) is -0.464. The van der Waals surface area contributed by atoms with E-state index in [2.05, 4.69) is 4.98 Å². The fourth-order valence-corrected chi connectivity index (χ4v) is 2.55. The number of nitrogens with zero attached hydrogens (tertiary/aromatic N) is 3. The minimum atomic E-state index is -0.622. The van der Waals surface area contributed by atoms with Gasteiger partial charge in [0.1, 0.15) is 5.69 Å². The molecule has 0 unspecified atom stereocenters. The summed E-state index contributed by atoms with van der Waals surface area (Å²) in [4.78, 5) is 30.5. The van der Waals surface area contributed by atoms with Crippen molar-refractivity contribution in [3.05, 3.63) is 54.3 Å². The van der Waals surface area contributed by atoms with Crippen LogP contribution in [0.15, 0.2) is 53.1 Å². The summed E-state index contributed by atoms with van der Waals surface area (Å²) in [5, 5.41) is 9.21. The molecule has 0 aliphatic heterocycles. The van der Waals surface area contributed by atoms with Crippen molar-refractivity contribution in [2.24, 2.45) is 0 Å². The number of ether oxygens (including phenoxy) is 1. The largest absolute Gasteiger partial charge is 0.463 e. The molecule has 3 rings (SSSR count). The number of pyridine rings is 1. The Morgan fingerprint density at radius 3 is 2.81 bits per heavy atom. The summed E-state index contributed by atoms with van der Waals surface area (Å²) in [7, 11) is 1.56. The fourth-order valence-electron chi connectivity index (χ4n) is 2.55. The third-order valence-corrected chi connectivity index (χ3v) is 4.02. The zero-order chi connectivity index (χ0) is 19.2. The number of fused-ring (bicyclic) bond motifs is 1. The van der Waals surface area contributed by atoms with Gasteiger partial charge in [0.2, 0.25) is 0 Å². The number of carbonyl (C=O) groups is 2. The molecule has 0 N–H and O–H groups in total. The molecular weight excluding hydrogens is 346 g/mol. The number of amides is 1. The summed E-state index contributed by atoms with van der Waals surface area (Å²) in [5.41, 5.74) is 1.43. The van der Waals surface area contributed by atoms with E-state index in [9.17, 15) is 9.59 Å². The van der Waals surface area contributed by atoms with E-state index in [1.165, 1.54) is 11.2 Å². The van der Waals surface area contributed by atoms with Crippen LogP contribution in [0, 0.1) is 11.3 Å². The molecular formula is C20H17N3O4. The average Bonchev–Trinajstić information content (AvgIpc) is 3.23. The molecule has 136 valence electrons. The highest BCUT2D eigenvalue weighted by molar-refractivity contribution is 6.05. The van der Waals surface area contributed by atoms with Crippen molar-refractivity contribution in [3.8, 4) is 17.5 Å². The molecule has 7 heteroatoms. The summed E-state index contributed by atoms with van der Waals surface area (Å²) in [6.45, 7) is -0.110. The lowest BCUT2D eigenvalue weighted by Crippen LogP contribution is -2.32. The second kappa shape index (κ2) is 8.15. The van der Waals surface area contributed by atoms with Gasteiger partial charge in [-0.15, -0.1) is 0 Å². The van der Waals surface area contributed by atoms with Crippen LogP contribution < -0.4 is 0 Å². The lowest BCUT2D eigenvalue weighted by Gasteiger charge is -2.15. The molecule has 0 saturated carbocycles. The Bertz CT molecular complexity index is 1010. The highest BCUT2D eigenvalue weighted by Crippen LogP contribution is 2.25. The lowest BCUT2D eigenvalue weighted by atomic mass is 10.1. The minimum absolute atomic E-state index is 0.220. The molecule has 7 nitrogen and oxygen atoms in total. The summed E-state index contributed by atoms with van der Waals surface area (Å²) in [6.07, 6.45) is 1.75. The number of likely N-dealkylation sites (N-methyl/N-ethyl adjacent to an activating group) is 1. The van der Waals surface area contributed by atoms with Crippen LogP contribution in [0.25, 0.3) is 22.4 Å². The summed E-state index contributed by atoms with van der Waals surface area (Å²) in [6, 6.07) is 14.2. The number of benzene rings is 1. The monoisotopic (exact) mass is 363 g/mol. The van der Waals surface area contributed by atoms with Crippen molar-refractivity contribution in [1.29, 1.82) is 5.26 Å². The van der Waals surface area contributed by atoms with Crippen LogP contribution in [0.2, 0.25) is 0 Å². The summed E-state index contributed by atoms with van der Waals surface area (Å²) >= 11 is 0. The molecule has 2 heterocycles. The van der Waals surface area contributed by atoms with Gasteiger partial charge in [0, 0.05) is 19.0 Å². The first kappa shape index (κ1) is 18.1. The molecule has 27 heavy (non-hydrogen) atoms. The quantitative estimate of drug-likeness (QED) is 0.625. The maximum atomic E-state index is 12.6. The number of rotatable bonds is 6. The SMILES string of the molecule is CN(CCC#N)C(=O)COC(=O)c1cc(-c2ccco2)nc2ccccc12. The molecule has 0 aliphatic rings. The molecule has 0 saturated heterocycles. The van der Waals surface area contributed by atoms with Crippen LogP contribution in [-0.4, -0.2) is 42.0 Å². The van der Waals surface area contributed by atoms with Crippen molar-refractivity contribution >= 4 is 22.8 Å². The third kappa shape index (κ3) is 4.12. The summed E-state index contributed by atoms with van der Waals surface area (Å²) < 4.78 is 10.6. The molecule has 0 atom stereocenters. The number of esters is 1. The second-order valence-corrected chi connectivity index (χ2v) is 5.85. The van der Waals surface area contributed by atoms with Crippen LogP contribution in [0.4, 0.5) is 0 Å². The molecule has 0 spiro atoms. The first-order valence-corrected chi connectivity index (χ1v) is 8.32. The third-order valence-electron chi connectivity index (χ3n) is 4.02. The van der Waals surface area contributed by atoms with Gasteiger partial charge < -0.3 is 14.1 Å². The first-order valence-electron chi connectivity index (χ1n) is 8.32. The van der Waals surface area contributed by atoms with Crippen molar-refractivity contribution in [1.82, 2.24) is 9.88 Å². The lowest BCUT2D eigenvalue weighted by molar-refractivity contribution is -0.133. The number of furan rings is 1. The number of hydrogen-bond donors (Lipinski definition) is 0. The molecule has 1 amide bonds. The zero-order valence-electron chi connectivity index (χ0n) is 14.7. The van der Waals surface area contributed by atoms with Gasteiger partial charge in [-0.25, -0.2) is 9.78 Å². The Labute approximate surface area is 155 Å². The van der Waals surface area contributed by atoms with Gasteiger partial charge in [0.25, 0.3) is 5.91 Å². The normalized spacial score (nSPS) is 10.4. The van der Waals surface area contributed by atoms with E-state index in [-0.39, 0.29) is 18.9 Å². The fraction of sp³-hybridized carbons (Fsp3) is 0.200. The van der Waals surface area contributed by atoms with E-state index in [0.29, 0.717) is 27.9 Å². The van der Waals surface area contributed by atoms with E-state index in [1.54, 1.807) is 43.4 Å². The van der Waals surface area contributed by atoms with Gasteiger partial charge in [-0.3, -0.25) is 4.79 Å². The van der Waals surface area contributed by atoms with Crippen molar-refractivity contribution in [2.45, 2.75) is 6.42 Å². The average molecular weight is 363 g/mol. The smallest absolute Gasteiger partial charge is 0.339 e. The number of aromatic nitrogens is 1. The Kier molecular flexibility index (Phi) is 5.47. The molecule has 3 aromatic rings. The highest BCUT2D eigenvalue weighted by Gasteiger charge is 2.18. The molecule has 0 fully saturated rings. The Balaban J connectivity index is 1.84. The van der Waals surface area contributed by atoms with E-state index in [0.717, 1.165) is 0 Å². The molecule has 0 aliphatic carbocycles. The Morgan fingerprint density at radius 2 is 2.07 bits per heavy atom.